The zero-order chi connectivity index (χ0) is 14.1. The Kier molecular flexibility index (Phi) is 3.44. The minimum atomic E-state index is -0.381. The zero-order valence-corrected chi connectivity index (χ0v) is 11.4. The molecule has 106 valence electrons. The van der Waals surface area contributed by atoms with Crippen LogP contribution in [-0.2, 0) is 11.3 Å². The highest BCUT2D eigenvalue weighted by Gasteiger charge is 2.23. The fourth-order valence-electron chi connectivity index (χ4n) is 2.70. The summed E-state index contributed by atoms with van der Waals surface area (Å²) in [7, 11) is 0. The molecule has 5 nitrogen and oxygen atoms in total. The average molecular weight is 275 g/mol. The Morgan fingerprint density at radius 1 is 1.45 bits per heavy atom. The lowest BCUT2D eigenvalue weighted by atomic mass is 9.92. The van der Waals surface area contributed by atoms with Crippen LogP contribution >= 0.6 is 0 Å². The molecule has 1 aliphatic rings. The smallest absolute Gasteiger partial charge is 0.408 e. The van der Waals surface area contributed by atoms with Gasteiger partial charge in [0.25, 0.3) is 0 Å². The first-order valence-electron chi connectivity index (χ1n) is 6.96. The number of hydrogen-bond acceptors (Lipinski definition) is 4. The molecule has 1 fully saturated rings. The molecule has 1 aliphatic heterocycles. The molecule has 1 unspecified atom stereocenters. The van der Waals surface area contributed by atoms with Crippen molar-refractivity contribution in [1.29, 1.82) is 0 Å². The van der Waals surface area contributed by atoms with Gasteiger partial charge in [0.2, 0.25) is 0 Å². The Balaban J connectivity index is 1.96. The number of benzene rings is 1. The Morgan fingerprint density at radius 2 is 2.30 bits per heavy atom. The first kappa shape index (κ1) is 13.1. The molecule has 3 rings (SSSR count). The monoisotopic (exact) mass is 275 g/mol. The maximum atomic E-state index is 12.4. The van der Waals surface area contributed by atoms with Crippen LogP contribution in [0.3, 0.4) is 0 Å². The quantitative estimate of drug-likeness (QED) is 0.806. The Morgan fingerprint density at radius 3 is 3.00 bits per heavy atom. The van der Waals surface area contributed by atoms with Gasteiger partial charge in [-0.15, -0.1) is 0 Å². The molecular weight excluding hydrogens is 258 g/mol. The van der Waals surface area contributed by atoms with Crippen molar-refractivity contribution in [1.82, 2.24) is 4.57 Å². The van der Waals surface area contributed by atoms with E-state index in [2.05, 4.69) is 0 Å². The number of Topliss-reactive ketones (excluding diaryl/α,β-unsaturated/α-hetero) is 1. The van der Waals surface area contributed by atoms with Crippen molar-refractivity contribution in [2.75, 3.05) is 13.2 Å². The summed E-state index contributed by atoms with van der Waals surface area (Å²) in [5, 5.41) is 0. The van der Waals surface area contributed by atoms with Gasteiger partial charge in [-0.3, -0.25) is 9.36 Å². The van der Waals surface area contributed by atoms with Crippen LogP contribution < -0.4 is 5.76 Å². The third-order valence-corrected chi connectivity index (χ3v) is 3.80. The predicted octanol–water partition coefficient (Wildman–Crippen LogP) is 2.22. The van der Waals surface area contributed by atoms with Crippen LogP contribution in [0.4, 0.5) is 0 Å². The zero-order valence-electron chi connectivity index (χ0n) is 11.4. The lowest BCUT2D eigenvalue weighted by Gasteiger charge is -2.20. The van der Waals surface area contributed by atoms with E-state index in [-0.39, 0.29) is 17.5 Å². The highest BCUT2D eigenvalue weighted by molar-refractivity contribution is 6.00. The van der Waals surface area contributed by atoms with Crippen molar-refractivity contribution in [3.8, 4) is 0 Å². The van der Waals surface area contributed by atoms with Crippen LogP contribution in [0.25, 0.3) is 11.1 Å². The third-order valence-electron chi connectivity index (χ3n) is 3.80. The van der Waals surface area contributed by atoms with Crippen molar-refractivity contribution >= 4 is 16.9 Å². The number of carbonyl (C=O) groups is 1. The van der Waals surface area contributed by atoms with Gasteiger partial charge in [-0.25, -0.2) is 4.79 Å². The predicted molar refractivity (Wildman–Crippen MR) is 74.0 cm³/mol. The second-order valence-electron chi connectivity index (χ2n) is 5.07. The maximum absolute atomic E-state index is 12.4. The molecule has 0 amide bonds. The summed E-state index contributed by atoms with van der Waals surface area (Å²) in [5.74, 6) is -0.396. The molecule has 0 spiro atoms. The van der Waals surface area contributed by atoms with Gasteiger partial charge >= 0.3 is 5.76 Å². The molecule has 0 N–H and O–H groups in total. The van der Waals surface area contributed by atoms with Crippen molar-refractivity contribution in [3.63, 3.8) is 0 Å². The van der Waals surface area contributed by atoms with E-state index in [0.717, 1.165) is 25.0 Å². The molecule has 1 saturated heterocycles. The number of ether oxygens (including phenoxy) is 1. The van der Waals surface area contributed by atoms with Gasteiger partial charge in [-0.05, 0) is 38.0 Å². The summed E-state index contributed by atoms with van der Waals surface area (Å²) in [6.45, 7) is 3.65. The number of aryl methyl sites for hydroxylation is 1. The van der Waals surface area contributed by atoms with Crippen LogP contribution in [0.5, 0.6) is 0 Å². The largest absolute Gasteiger partial charge is 0.419 e. The lowest BCUT2D eigenvalue weighted by Crippen LogP contribution is -2.25. The van der Waals surface area contributed by atoms with E-state index in [9.17, 15) is 9.59 Å². The SMILES string of the molecule is CCn1c(=O)oc2cc(C(=O)C3CCCOC3)ccc21. The fourth-order valence-corrected chi connectivity index (χ4v) is 2.70. The number of oxazole rings is 1. The first-order valence-corrected chi connectivity index (χ1v) is 6.96. The molecular formula is C15H17NO4. The van der Waals surface area contributed by atoms with E-state index in [0.29, 0.717) is 24.3 Å². The summed E-state index contributed by atoms with van der Waals surface area (Å²) < 4.78 is 12.1. The summed E-state index contributed by atoms with van der Waals surface area (Å²) >= 11 is 0. The lowest BCUT2D eigenvalue weighted by molar-refractivity contribution is 0.0461. The number of rotatable bonds is 3. The molecule has 0 saturated carbocycles. The highest BCUT2D eigenvalue weighted by Crippen LogP contribution is 2.22. The number of hydrogen-bond donors (Lipinski definition) is 0. The van der Waals surface area contributed by atoms with Crippen LogP contribution in [0.1, 0.15) is 30.1 Å². The van der Waals surface area contributed by atoms with E-state index in [4.69, 9.17) is 9.15 Å². The van der Waals surface area contributed by atoms with Gasteiger partial charge in [0.1, 0.15) is 0 Å². The van der Waals surface area contributed by atoms with E-state index >= 15 is 0 Å². The minimum absolute atomic E-state index is 0.0681. The van der Waals surface area contributed by atoms with Crippen LogP contribution in [0.2, 0.25) is 0 Å². The van der Waals surface area contributed by atoms with E-state index < -0.39 is 0 Å². The summed E-state index contributed by atoms with van der Waals surface area (Å²) in [5.41, 5.74) is 1.79. The third kappa shape index (κ3) is 2.18. The van der Waals surface area contributed by atoms with Gasteiger partial charge in [0.05, 0.1) is 12.1 Å². The second kappa shape index (κ2) is 5.25. The van der Waals surface area contributed by atoms with E-state index in [1.807, 2.05) is 6.92 Å². The summed E-state index contributed by atoms with van der Waals surface area (Å²) in [4.78, 5) is 24.0. The maximum Gasteiger partial charge on any atom is 0.419 e. The van der Waals surface area contributed by atoms with Crippen molar-refractivity contribution in [2.24, 2.45) is 5.92 Å². The van der Waals surface area contributed by atoms with Gasteiger partial charge in [-0.1, -0.05) is 0 Å². The standard InChI is InChI=1S/C15H17NO4/c1-2-16-12-6-5-10(8-13(12)20-15(16)18)14(17)11-4-3-7-19-9-11/h5-6,8,11H,2-4,7,9H2,1H3. The summed E-state index contributed by atoms with van der Waals surface area (Å²) in [6, 6.07) is 5.21. The normalized spacial score (nSPS) is 19.4. The van der Waals surface area contributed by atoms with E-state index in [1.165, 1.54) is 0 Å². The molecule has 1 aromatic heterocycles. The first-order chi connectivity index (χ1) is 9.70. The van der Waals surface area contributed by atoms with Crippen molar-refractivity contribution in [3.05, 3.63) is 34.3 Å². The molecule has 2 heterocycles. The number of fused-ring (bicyclic) bond motifs is 1. The Bertz CT molecular complexity index is 691. The van der Waals surface area contributed by atoms with Crippen LogP contribution in [0, 0.1) is 5.92 Å². The van der Waals surface area contributed by atoms with Gasteiger partial charge in [0.15, 0.2) is 11.4 Å². The van der Waals surface area contributed by atoms with Gasteiger partial charge < -0.3 is 9.15 Å². The number of ketones is 1. The average Bonchev–Trinajstić information content (AvgIpc) is 2.81. The van der Waals surface area contributed by atoms with Crippen molar-refractivity contribution < 1.29 is 13.9 Å². The minimum Gasteiger partial charge on any atom is -0.408 e. The van der Waals surface area contributed by atoms with Gasteiger partial charge in [-0.2, -0.15) is 0 Å². The molecule has 0 radical (unpaired) electrons. The topological polar surface area (TPSA) is 61.4 Å². The molecule has 1 aromatic carbocycles. The fraction of sp³-hybridized carbons (Fsp3) is 0.467. The van der Waals surface area contributed by atoms with Crippen LogP contribution in [0.15, 0.2) is 27.4 Å². The number of aromatic nitrogens is 1. The molecule has 20 heavy (non-hydrogen) atoms. The van der Waals surface area contributed by atoms with Gasteiger partial charge in [0, 0.05) is 24.6 Å². The van der Waals surface area contributed by atoms with Crippen LogP contribution in [-0.4, -0.2) is 23.6 Å². The molecule has 5 heteroatoms. The second-order valence-corrected chi connectivity index (χ2v) is 5.07. The molecule has 0 bridgehead atoms. The Hall–Kier alpha value is -1.88. The van der Waals surface area contributed by atoms with E-state index in [1.54, 1.807) is 22.8 Å². The molecule has 2 aromatic rings. The molecule has 1 atom stereocenters. The molecule has 0 aliphatic carbocycles. The Labute approximate surface area is 116 Å². The summed E-state index contributed by atoms with van der Waals surface area (Å²) in [6.07, 6.45) is 1.77. The number of nitrogens with zero attached hydrogens (tertiary/aromatic N) is 1. The highest BCUT2D eigenvalue weighted by atomic mass is 16.5. The van der Waals surface area contributed by atoms with Crippen molar-refractivity contribution in [2.45, 2.75) is 26.3 Å². The number of carbonyl (C=O) groups excluding carboxylic acids is 1.